The van der Waals surface area contributed by atoms with E-state index in [-0.39, 0.29) is 18.2 Å². The summed E-state index contributed by atoms with van der Waals surface area (Å²) in [5.74, 6) is 0. The van der Waals surface area contributed by atoms with Gasteiger partial charge in [-0.05, 0) is 0 Å². The zero-order valence-electron chi connectivity index (χ0n) is 24.6. The number of cyclic esters (lactones) is 1. The SMILES string of the molecule is CCC[CH2][Sn]([CH2]CCC)([CH2]CCC)[C](=C=CN1C(=O)O[C@@H](c2ccccc2)[C@H]1c1ccccc1)[Si](C)(C)C. The summed E-state index contributed by atoms with van der Waals surface area (Å²) in [5.41, 5.74) is 6.07. The summed E-state index contributed by atoms with van der Waals surface area (Å²) in [4.78, 5) is 15.3. The Morgan fingerprint density at radius 3 is 1.76 bits per heavy atom. The molecule has 1 fully saturated rings. The molecule has 0 saturated carbocycles. The van der Waals surface area contributed by atoms with Crippen LogP contribution >= 0.6 is 0 Å². The molecule has 1 aliphatic rings. The van der Waals surface area contributed by atoms with Crippen LogP contribution in [-0.2, 0) is 4.74 Å². The van der Waals surface area contributed by atoms with Crippen molar-refractivity contribution < 1.29 is 9.53 Å². The van der Waals surface area contributed by atoms with E-state index in [1.807, 2.05) is 47.5 Å². The zero-order valence-corrected chi connectivity index (χ0v) is 28.5. The van der Waals surface area contributed by atoms with E-state index in [1.54, 1.807) is 3.21 Å². The molecule has 0 unspecified atom stereocenters. The fraction of sp³-hybridized carbons (Fsp3) is 0.515. The van der Waals surface area contributed by atoms with Gasteiger partial charge in [-0.2, -0.15) is 0 Å². The van der Waals surface area contributed by atoms with Crippen molar-refractivity contribution in [3.05, 3.63) is 86.9 Å². The number of rotatable bonds is 14. The van der Waals surface area contributed by atoms with Gasteiger partial charge in [0.2, 0.25) is 0 Å². The van der Waals surface area contributed by atoms with Crippen LogP contribution < -0.4 is 0 Å². The maximum absolute atomic E-state index is 13.4. The predicted molar refractivity (Wildman–Crippen MR) is 167 cm³/mol. The Labute approximate surface area is 237 Å². The van der Waals surface area contributed by atoms with Gasteiger partial charge in [-0.3, -0.25) is 0 Å². The Hall–Kier alpha value is -1.75. The van der Waals surface area contributed by atoms with E-state index in [2.05, 4.69) is 70.4 Å². The predicted octanol–water partition coefficient (Wildman–Crippen LogP) is 10.2. The minimum absolute atomic E-state index is 0.201. The number of carbonyl (C=O) groups excluding carboxylic acids is 1. The van der Waals surface area contributed by atoms with Crippen LogP contribution in [0.2, 0.25) is 33.0 Å². The van der Waals surface area contributed by atoms with Gasteiger partial charge in [-0.25, -0.2) is 0 Å². The minimum atomic E-state index is -2.72. The average molecular weight is 639 g/mol. The first-order valence-electron chi connectivity index (χ1n) is 14.8. The van der Waals surface area contributed by atoms with Crippen molar-refractivity contribution in [3.8, 4) is 0 Å². The van der Waals surface area contributed by atoms with E-state index in [9.17, 15) is 4.79 Å². The quantitative estimate of drug-likeness (QED) is 0.152. The first kappa shape index (κ1) is 30.8. The summed E-state index contributed by atoms with van der Waals surface area (Å²) in [6.07, 6.45) is 9.15. The summed E-state index contributed by atoms with van der Waals surface area (Å²) in [7, 11) is -1.66. The van der Waals surface area contributed by atoms with Gasteiger partial charge < -0.3 is 0 Å². The Kier molecular flexibility index (Phi) is 11.8. The number of unbranched alkanes of at least 4 members (excludes halogenated alkanes) is 3. The summed E-state index contributed by atoms with van der Waals surface area (Å²) >= 11 is -2.72. The summed E-state index contributed by atoms with van der Waals surface area (Å²) in [6.45, 7) is 14.5. The third-order valence-corrected chi connectivity index (χ3v) is 34.2. The van der Waals surface area contributed by atoms with Crippen LogP contribution in [0.25, 0.3) is 0 Å². The molecule has 0 spiro atoms. The van der Waals surface area contributed by atoms with Crippen LogP contribution in [0.4, 0.5) is 4.79 Å². The number of hydrogen-bond acceptors (Lipinski definition) is 2. The molecule has 1 aliphatic heterocycles. The maximum atomic E-state index is 13.4. The van der Waals surface area contributed by atoms with Crippen LogP contribution in [0.5, 0.6) is 0 Å². The fourth-order valence-corrected chi connectivity index (χ4v) is 38.5. The number of ether oxygens (including phenoxy) is 1. The van der Waals surface area contributed by atoms with E-state index < -0.39 is 26.5 Å². The first-order chi connectivity index (χ1) is 18.3. The molecule has 3 nitrogen and oxygen atoms in total. The second kappa shape index (κ2) is 14.6. The van der Waals surface area contributed by atoms with Gasteiger partial charge in [0, 0.05) is 0 Å². The standard InChI is InChI=1S/C21H22NO2Si.3C4H9.Sn/c1-25(2,3)16-10-15-22-19(17-11-6-4-7-12-17)20(24-21(22)23)18-13-8-5-9-14-18;3*1-3-4-2;/h4-9,11-15,19-20H,1-3H3;3*1,3-4H2,2H3;/t10?,19-,20+;;;;/m1..../s1. The summed E-state index contributed by atoms with van der Waals surface area (Å²) < 4.78 is 12.0. The van der Waals surface area contributed by atoms with E-state index in [1.165, 1.54) is 51.8 Å². The molecule has 5 heteroatoms. The molecule has 0 radical (unpaired) electrons. The van der Waals surface area contributed by atoms with Crippen molar-refractivity contribution in [2.24, 2.45) is 0 Å². The van der Waals surface area contributed by atoms with Gasteiger partial charge in [0.1, 0.15) is 0 Å². The third-order valence-electron chi connectivity index (χ3n) is 7.95. The molecule has 0 bridgehead atoms. The molecule has 1 saturated heterocycles. The average Bonchev–Trinajstić information content (AvgIpc) is 3.25. The topological polar surface area (TPSA) is 29.5 Å². The zero-order chi connectivity index (χ0) is 27.6. The fourth-order valence-electron chi connectivity index (χ4n) is 6.10. The van der Waals surface area contributed by atoms with E-state index in [4.69, 9.17) is 4.74 Å². The Bertz CT molecular complexity index is 1050. The van der Waals surface area contributed by atoms with Crippen molar-refractivity contribution >= 4 is 32.5 Å². The van der Waals surface area contributed by atoms with Gasteiger partial charge in [0.05, 0.1) is 0 Å². The Morgan fingerprint density at radius 2 is 1.32 bits per heavy atom. The third kappa shape index (κ3) is 7.67. The molecule has 3 rings (SSSR count). The molecular formula is C33H49NO2SiSn. The van der Waals surface area contributed by atoms with Gasteiger partial charge >= 0.3 is 238 Å². The van der Waals surface area contributed by atoms with Crippen molar-refractivity contribution in [2.45, 2.75) is 104 Å². The van der Waals surface area contributed by atoms with E-state index in [0.29, 0.717) is 0 Å². The number of hydrogen-bond donors (Lipinski definition) is 0. The van der Waals surface area contributed by atoms with Gasteiger partial charge in [-0.15, -0.1) is 0 Å². The summed E-state index contributed by atoms with van der Waals surface area (Å²) in [6, 6.07) is 20.3. The number of benzene rings is 2. The van der Waals surface area contributed by atoms with Crippen LogP contribution in [0.15, 0.2) is 75.8 Å². The van der Waals surface area contributed by atoms with Crippen LogP contribution in [0.3, 0.4) is 0 Å². The number of nitrogens with zero attached hydrogens (tertiary/aromatic N) is 1. The molecule has 2 atom stereocenters. The van der Waals surface area contributed by atoms with Crippen molar-refractivity contribution in [1.29, 1.82) is 0 Å². The molecule has 206 valence electrons. The second-order valence-corrected chi connectivity index (χ2v) is 31.4. The van der Waals surface area contributed by atoms with Gasteiger partial charge in [0.25, 0.3) is 0 Å². The first-order valence-corrected chi connectivity index (χ1v) is 25.8. The van der Waals surface area contributed by atoms with Crippen LogP contribution in [-0.4, -0.2) is 37.4 Å². The molecule has 0 N–H and O–H groups in total. The molecule has 1 heterocycles. The molecule has 0 aromatic heterocycles. The van der Waals surface area contributed by atoms with Crippen LogP contribution in [0.1, 0.15) is 82.6 Å². The van der Waals surface area contributed by atoms with Crippen LogP contribution in [0, 0.1) is 0 Å². The van der Waals surface area contributed by atoms with Crippen molar-refractivity contribution in [1.82, 2.24) is 4.90 Å². The molecule has 2 aromatic rings. The monoisotopic (exact) mass is 639 g/mol. The molecule has 1 amide bonds. The summed E-state index contributed by atoms with van der Waals surface area (Å²) in [5, 5.41) is 0. The number of amides is 1. The molecule has 38 heavy (non-hydrogen) atoms. The van der Waals surface area contributed by atoms with Gasteiger partial charge in [0.15, 0.2) is 0 Å². The van der Waals surface area contributed by atoms with E-state index >= 15 is 0 Å². The van der Waals surface area contributed by atoms with E-state index in [0.717, 1.165) is 11.1 Å². The molecule has 0 aliphatic carbocycles. The van der Waals surface area contributed by atoms with Crippen molar-refractivity contribution in [2.75, 3.05) is 0 Å². The molecule has 2 aromatic carbocycles. The molecular weight excluding hydrogens is 589 g/mol. The number of carbonyl (C=O) groups is 1. The normalized spacial score (nSPS) is 17.7. The van der Waals surface area contributed by atoms with Gasteiger partial charge in [-0.1, -0.05) is 0 Å². The Balaban J connectivity index is 2.16. The van der Waals surface area contributed by atoms with Crippen molar-refractivity contribution in [3.63, 3.8) is 0 Å². The Morgan fingerprint density at radius 1 is 0.842 bits per heavy atom. The second-order valence-electron chi connectivity index (χ2n) is 12.0.